The molecular weight excluding hydrogens is 230 g/mol. The second-order valence-corrected chi connectivity index (χ2v) is 6.68. The molecule has 0 aliphatic rings. The second-order valence-electron chi connectivity index (χ2n) is 6.02. The summed E-state index contributed by atoms with van der Waals surface area (Å²) in [6.07, 6.45) is 7.14. The highest BCUT2D eigenvalue weighted by molar-refractivity contribution is 7.81. The smallest absolute Gasteiger partial charge is 0.0637 e. The van der Waals surface area contributed by atoms with E-state index in [0.29, 0.717) is 6.61 Å². The van der Waals surface area contributed by atoms with E-state index in [-0.39, 0.29) is 22.3 Å². The maximum absolute atomic E-state index is 5.89. The maximum Gasteiger partial charge on any atom is 0.0637 e. The summed E-state index contributed by atoms with van der Waals surface area (Å²) in [5.74, 6) is 2.77. The lowest BCUT2D eigenvalue weighted by molar-refractivity contribution is -0.0314. The summed E-state index contributed by atoms with van der Waals surface area (Å²) in [5.41, 5.74) is 5.50. The highest BCUT2D eigenvalue weighted by Gasteiger charge is 2.25. The van der Waals surface area contributed by atoms with Crippen molar-refractivity contribution < 1.29 is 4.74 Å². The monoisotopic (exact) mass is 257 g/mol. The van der Waals surface area contributed by atoms with Gasteiger partial charge in [-0.1, -0.05) is 0 Å². The van der Waals surface area contributed by atoms with E-state index >= 15 is 0 Å². The van der Waals surface area contributed by atoms with Crippen LogP contribution in [0.5, 0.6) is 0 Å². The Morgan fingerprint density at radius 1 is 1.35 bits per heavy atom. The van der Waals surface area contributed by atoms with Crippen molar-refractivity contribution in [2.24, 2.45) is 11.1 Å². The van der Waals surface area contributed by atoms with Crippen LogP contribution in [0.15, 0.2) is 0 Å². The Labute approximate surface area is 112 Å². The van der Waals surface area contributed by atoms with Gasteiger partial charge in [-0.2, -0.15) is 12.6 Å². The third kappa shape index (κ3) is 7.70. The van der Waals surface area contributed by atoms with Gasteiger partial charge in [-0.15, -0.1) is 12.3 Å². The molecule has 0 aliphatic heterocycles. The average molecular weight is 257 g/mol. The molecule has 0 fully saturated rings. The summed E-state index contributed by atoms with van der Waals surface area (Å²) >= 11 is 4.48. The second kappa shape index (κ2) is 6.68. The number of nitrogens with two attached hydrogens (primary N) is 1. The molecule has 0 rings (SSSR count). The first kappa shape index (κ1) is 16.8. The Balaban J connectivity index is 4.07. The minimum Gasteiger partial charge on any atom is -0.375 e. The molecule has 0 radical (unpaired) electrons. The van der Waals surface area contributed by atoms with Gasteiger partial charge in [0.1, 0.15) is 0 Å². The lowest BCUT2D eigenvalue weighted by Crippen LogP contribution is -2.36. The normalized spacial score (nSPS) is 16.4. The molecule has 0 spiro atoms. The molecule has 0 aromatic rings. The zero-order chi connectivity index (χ0) is 13.7. The van der Waals surface area contributed by atoms with Crippen LogP contribution in [-0.2, 0) is 4.74 Å². The third-order valence-corrected chi connectivity index (χ3v) is 3.57. The van der Waals surface area contributed by atoms with E-state index in [1.54, 1.807) is 0 Å². The minimum absolute atomic E-state index is 0.0726. The molecule has 17 heavy (non-hydrogen) atoms. The van der Waals surface area contributed by atoms with E-state index in [4.69, 9.17) is 16.9 Å². The fourth-order valence-electron chi connectivity index (χ4n) is 1.40. The van der Waals surface area contributed by atoms with Crippen LogP contribution >= 0.6 is 12.6 Å². The van der Waals surface area contributed by atoms with Gasteiger partial charge in [0.15, 0.2) is 0 Å². The third-order valence-electron chi connectivity index (χ3n) is 2.92. The zero-order valence-corrected chi connectivity index (χ0v) is 12.7. The van der Waals surface area contributed by atoms with Gasteiger partial charge >= 0.3 is 0 Å². The minimum atomic E-state index is -0.204. The predicted octanol–water partition coefficient (Wildman–Crippen LogP) is 2.87. The fourth-order valence-corrected chi connectivity index (χ4v) is 1.84. The molecule has 3 heteroatoms. The molecule has 2 N–H and O–H groups in total. The summed E-state index contributed by atoms with van der Waals surface area (Å²) in [7, 11) is 0. The summed E-state index contributed by atoms with van der Waals surface area (Å²) in [5, 5.41) is 0.158. The van der Waals surface area contributed by atoms with E-state index in [2.05, 4.69) is 32.4 Å². The van der Waals surface area contributed by atoms with Gasteiger partial charge in [-0.3, -0.25) is 0 Å². The van der Waals surface area contributed by atoms with E-state index < -0.39 is 0 Å². The van der Waals surface area contributed by atoms with Crippen LogP contribution in [0.25, 0.3) is 0 Å². The van der Waals surface area contributed by atoms with Gasteiger partial charge in [-0.05, 0) is 47.5 Å². The Morgan fingerprint density at radius 3 is 2.29 bits per heavy atom. The Hall–Kier alpha value is -0.170. The van der Waals surface area contributed by atoms with Crippen LogP contribution in [0.2, 0.25) is 0 Å². The molecule has 0 aliphatic carbocycles. The van der Waals surface area contributed by atoms with Crippen molar-refractivity contribution in [1.82, 2.24) is 0 Å². The van der Waals surface area contributed by atoms with Crippen molar-refractivity contribution in [1.29, 1.82) is 0 Å². The number of hydrogen-bond donors (Lipinski definition) is 2. The van der Waals surface area contributed by atoms with Crippen molar-refractivity contribution in [3.8, 4) is 12.3 Å². The molecule has 2 unspecified atom stereocenters. The van der Waals surface area contributed by atoms with Gasteiger partial charge in [0.2, 0.25) is 0 Å². The van der Waals surface area contributed by atoms with Crippen LogP contribution in [0.4, 0.5) is 0 Å². The van der Waals surface area contributed by atoms with Crippen LogP contribution in [-0.4, -0.2) is 23.5 Å². The largest absolute Gasteiger partial charge is 0.375 e. The first-order valence-electron chi connectivity index (χ1n) is 6.15. The number of thiol groups is 1. The van der Waals surface area contributed by atoms with Crippen molar-refractivity contribution in [2.75, 3.05) is 6.61 Å². The van der Waals surface area contributed by atoms with Crippen molar-refractivity contribution in [3.05, 3.63) is 0 Å². The predicted molar refractivity (Wildman–Crippen MR) is 78.3 cm³/mol. The van der Waals surface area contributed by atoms with Gasteiger partial charge in [-0.25, -0.2) is 0 Å². The first-order chi connectivity index (χ1) is 7.59. The first-order valence-corrected chi connectivity index (χ1v) is 6.67. The Kier molecular flexibility index (Phi) is 6.61. The maximum atomic E-state index is 5.89. The van der Waals surface area contributed by atoms with Crippen molar-refractivity contribution in [2.45, 2.75) is 64.4 Å². The molecule has 2 atom stereocenters. The Morgan fingerprint density at radius 2 is 1.88 bits per heavy atom. The number of hydrogen-bond acceptors (Lipinski definition) is 3. The van der Waals surface area contributed by atoms with Crippen LogP contribution < -0.4 is 5.73 Å². The molecule has 0 saturated heterocycles. The van der Waals surface area contributed by atoms with Crippen LogP contribution in [0.3, 0.4) is 0 Å². The SMILES string of the molecule is C#CC(C)(C)CCOC(C)(C)CC(S)C(C)N. The van der Waals surface area contributed by atoms with Crippen LogP contribution in [0.1, 0.15) is 47.5 Å². The molecule has 0 heterocycles. The molecule has 2 nitrogen and oxygen atoms in total. The Bertz CT molecular complexity index is 266. The molecule has 0 saturated carbocycles. The molecular formula is C14H27NOS. The highest BCUT2D eigenvalue weighted by atomic mass is 32.1. The quantitative estimate of drug-likeness (QED) is 0.543. The molecule has 0 amide bonds. The van der Waals surface area contributed by atoms with Crippen molar-refractivity contribution >= 4 is 12.6 Å². The van der Waals surface area contributed by atoms with Gasteiger partial charge in [0, 0.05) is 23.3 Å². The zero-order valence-electron chi connectivity index (χ0n) is 11.8. The number of terminal acetylenes is 1. The average Bonchev–Trinajstić information content (AvgIpc) is 2.16. The van der Waals surface area contributed by atoms with Gasteiger partial charge < -0.3 is 10.5 Å². The van der Waals surface area contributed by atoms with E-state index in [1.165, 1.54) is 0 Å². The summed E-state index contributed by atoms with van der Waals surface area (Å²) in [6, 6.07) is 0.0726. The summed E-state index contributed by atoms with van der Waals surface area (Å²) in [6.45, 7) is 10.9. The van der Waals surface area contributed by atoms with E-state index in [0.717, 1.165) is 12.8 Å². The molecule has 0 aromatic heterocycles. The lowest BCUT2D eigenvalue weighted by Gasteiger charge is -2.30. The number of ether oxygens (including phenoxy) is 1. The molecule has 0 aromatic carbocycles. The lowest BCUT2D eigenvalue weighted by atomic mass is 9.91. The van der Waals surface area contributed by atoms with Gasteiger partial charge in [0.25, 0.3) is 0 Å². The topological polar surface area (TPSA) is 35.2 Å². The highest BCUT2D eigenvalue weighted by Crippen LogP contribution is 2.24. The molecule has 100 valence electrons. The summed E-state index contributed by atoms with van der Waals surface area (Å²) < 4.78 is 5.89. The standard InChI is InChI=1S/C14H27NOS/c1-7-13(3,4)8-9-16-14(5,6)10-12(17)11(2)15/h1,11-12,17H,8-10,15H2,2-6H3. The number of rotatable bonds is 7. The van der Waals surface area contributed by atoms with Gasteiger partial charge in [0.05, 0.1) is 5.60 Å². The fraction of sp³-hybridized carbons (Fsp3) is 0.857. The molecule has 0 bridgehead atoms. The van der Waals surface area contributed by atoms with E-state index in [1.807, 2.05) is 20.8 Å². The van der Waals surface area contributed by atoms with Crippen LogP contribution in [0, 0.1) is 17.8 Å². The summed E-state index contributed by atoms with van der Waals surface area (Å²) in [4.78, 5) is 0. The van der Waals surface area contributed by atoms with E-state index in [9.17, 15) is 0 Å². The van der Waals surface area contributed by atoms with Crippen molar-refractivity contribution in [3.63, 3.8) is 0 Å².